The van der Waals surface area contributed by atoms with E-state index < -0.39 is 21.5 Å². The predicted octanol–water partition coefficient (Wildman–Crippen LogP) is 6.13. The van der Waals surface area contributed by atoms with Crippen LogP contribution in [0.1, 0.15) is 38.1 Å². The minimum absolute atomic E-state index is 0.154. The average Bonchev–Trinajstić information content (AvgIpc) is 3.19. The molecule has 5 nitrogen and oxygen atoms in total. The molecule has 1 N–H and O–H groups in total. The number of pyridine rings is 1. The topological polar surface area (TPSA) is 68.0 Å². The molecular weight excluding hydrogens is 493 g/mol. The van der Waals surface area contributed by atoms with Crippen molar-refractivity contribution in [3.05, 3.63) is 82.3 Å². The van der Waals surface area contributed by atoms with Gasteiger partial charge >= 0.3 is 0 Å². The van der Waals surface area contributed by atoms with Crippen molar-refractivity contribution in [1.29, 1.82) is 0 Å². The average molecular weight is 516 g/mol. The number of para-hydroxylation sites is 1. The molecule has 4 aromatic rings. The van der Waals surface area contributed by atoms with E-state index in [-0.39, 0.29) is 10.6 Å². The van der Waals surface area contributed by atoms with Crippen molar-refractivity contribution >= 4 is 37.9 Å². The van der Waals surface area contributed by atoms with Crippen molar-refractivity contribution in [3.8, 4) is 11.3 Å². The van der Waals surface area contributed by atoms with Gasteiger partial charge in [-0.2, -0.15) is 0 Å². The summed E-state index contributed by atoms with van der Waals surface area (Å²) in [6.07, 6.45) is 0.410. The highest BCUT2D eigenvalue weighted by Gasteiger charge is 2.27. The van der Waals surface area contributed by atoms with Crippen molar-refractivity contribution in [2.75, 3.05) is 0 Å². The first kappa shape index (κ1) is 22.8. The van der Waals surface area contributed by atoms with Gasteiger partial charge in [-0.05, 0) is 66.5 Å². The molecule has 32 heavy (non-hydrogen) atoms. The zero-order chi connectivity index (χ0) is 22.9. The first-order valence-electron chi connectivity index (χ1n) is 10.2. The van der Waals surface area contributed by atoms with Crippen LogP contribution in [0.25, 0.3) is 22.2 Å². The quantitative estimate of drug-likeness (QED) is 0.313. The molecule has 0 aliphatic heterocycles. The Morgan fingerprint density at radius 3 is 2.56 bits per heavy atom. The normalized spacial score (nSPS) is 13.9. The zero-order valence-corrected chi connectivity index (χ0v) is 20.3. The highest BCUT2D eigenvalue weighted by molar-refractivity contribution is 9.10. The molecule has 0 saturated carbocycles. The fourth-order valence-electron chi connectivity index (χ4n) is 3.40. The molecule has 0 bridgehead atoms. The van der Waals surface area contributed by atoms with Gasteiger partial charge in [0.1, 0.15) is 10.3 Å². The summed E-state index contributed by atoms with van der Waals surface area (Å²) >= 11 is 3.16. The molecule has 166 valence electrons. The van der Waals surface area contributed by atoms with E-state index in [9.17, 15) is 8.60 Å². The number of nitrogens with one attached hydrogen (secondary N) is 1. The Morgan fingerprint density at radius 2 is 1.81 bits per heavy atom. The van der Waals surface area contributed by atoms with E-state index in [0.29, 0.717) is 17.7 Å². The second-order valence-electron chi connectivity index (χ2n) is 8.45. The van der Waals surface area contributed by atoms with Crippen LogP contribution in [0, 0.1) is 5.82 Å². The lowest BCUT2D eigenvalue weighted by atomic mass is 9.94. The van der Waals surface area contributed by atoms with E-state index in [0.717, 1.165) is 22.2 Å². The minimum atomic E-state index is -1.34. The molecule has 2 aromatic carbocycles. The summed E-state index contributed by atoms with van der Waals surface area (Å²) in [5.74, 6) is -0.425. The SMILES string of the molecule is CC(C)(C)[S@](=O)N[C@@H](Cc1ccc(F)c(Br)n1)c1ccccc1-c1noc2ccccc12. The number of hydrogen-bond donors (Lipinski definition) is 1. The lowest BCUT2D eigenvalue weighted by Crippen LogP contribution is -2.36. The number of benzene rings is 2. The molecule has 0 spiro atoms. The largest absolute Gasteiger partial charge is 0.356 e. The summed E-state index contributed by atoms with van der Waals surface area (Å²) < 4.78 is 35.3. The van der Waals surface area contributed by atoms with Crippen LogP contribution in [0.15, 0.2) is 69.8 Å². The predicted molar refractivity (Wildman–Crippen MR) is 129 cm³/mol. The molecule has 4 rings (SSSR count). The van der Waals surface area contributed by atoms with Gasteiger partial charge in [-0.3, -0.25) is 0 Å². The Kier molecular flexibility index (Phi) is 6.55. The minimum Gasteiger partial charge on any atom is -0.356 e. The number of hydrogen-bond acceptors (Lipinski definition) is 4. The monoisotopic (exact) mass is 515 g/mol. The summed E-state index contributed by atoms with van der Waals surface area (Å²) in [6.45, 7) is 5.74. The lowest BCUT2D eigenvalue weighted by molar-refractivity contribution is 0.459. The summed E-state index contributed by atoms with van der Waals surface area (Å²) in [7, 11) is -1.34. The summed E-state index contributed by atoms with van der Waals surface area (Å²) in [5, 5.41) is 5.22. The number of rotatable bonds is 6. The van der Waals surface area contributed by atoms with Crippen LogP contribution in [-0.4, -0.2) is 19.1 Å². The second kappa shape index (κ2) is 9.21. The zero-order valence-electron chi connectivity index (χ0n) is 17.9. The molecule has 0 unspecified atom stereocenters. The summed E-state index contributed by atoms with van der Waals surface area (Å²) in [4.78, 5) is 4.32. The third-order valence-electron chi connectivity index (χ3n) is 5.05. The fourth-order valence-corrected chi connectivity index (χ4v) is 4.58. The first-order valence-corrected chi connectivity index (χ1v) is 12.1. The summed E-state index contributed by atoms with van der Waals surface area (Å²) in [5.41, 5.74) is 3.87. The van der Waals surface area contributed by atoms with E-state index in [4.69, 9.17) is 4.52 Å². The van der Waals surface area contributed by atoms with E-state index in [2.05, 4.69) is 30.8 Å². The fraction of sp³-hybridized carbons (Fsp3) is 0.250. The number of nitrogens with zero attached hydrogens (tertiary/aromatic N) is 2. The first-order chi connectivity index (χ1) is 15.2. The van der Waals surface area contributed by atoms with Gasteiger partial charge in [-0.25, -0.2) is 18.3 Å². The molecule has 0 aliphatic rings. The van der Waals surface area contributed by atoms with Crippen molar-refractivity contribution in [2.24, 2.45) is 0 Å². The van der Waals surface area contributed by atoms with Crippen molar-refractivity contribution in [1.82, 2.24) is 14.9 Å². The van der Waals surface area contributed by atoms with Crippen LogP contribution < -0.4 is 4.72 Å². The Morgan fingerprint density at radius 1 is 1.09 bits per heavy atom. The third kappa shape index (κ3) is 4.82. The van der Waals surface area contributed by atoms with Gasteiger partial charge in [-0.15, -0.1) is 0 Å². The Labute approximate surface area is 197 Å². The molecule has 0 saturated heterocycles. The number of halogens is 2. The molecule has 0 amide bonds. The molecule has 2 aromatic heterocycles. The molecule has 2 heterocycles. The maximum absolute atomic E-state index is 13.7. The van der Waals surface area contributed by atoms with Gasteiger partial charge in [0.15, 0.2) is 11.4 Å². The van der Waals surface area contributed by atoms with Crippen molar-refractivity contribution in [3.63, 3.8) is 0 Å². The summed E-state index contributed by atoms with van der Waals surface area (Å²) in [6, 6.07) is 18.2. The Hall–Kier alpha value is -2.42. The van der Waals surface area contributed by atoms with E-state index in [1.165, 1.54) is 6.07 Å². The van der Waals surface area contributed by atoms with Gasteiger partial charge in [0, 0.05) is 23.1 Å². The van der Waals surface area contributed by atoms with Gasteiger partial charge in [0.05, 0.1) is 21.8 Å². The second-order valence-corrected chi connectivity index (χ2v) is 11.2. The molecular formula is C24H23BrFN3O2S. The highest BCUT2D eigenvalue weighted by Crippen LogP contribution is 2.34. The van der Waals surface area contributed by atoms with E-state index >= 15 is 0 Å². The highest BCUT2D eigenvalue weighted by atomic mass is 79.9. The van der Waals surface area contributed by atoms with Gasteiger partial charge in [0.25, 0.3) is 0 Å². The van der Waals surface area contributed by atoms with Gasteiger partial charge < -0.3 is 4.52 Å². The molecule has 0 radical (unpaired) electrons. The maximum atomic E-state index is 13.7. The van der Waals surface area contributed by atoms with Crippen LogP contribution in [0.4, 0.5) is 4.39 Å². The third-order valence-corrected chi connectivity index (χ3v) is 7.22. The number of fused-ring (bicyclic) bond motifs is 1. The van der Waals surface area contributed by atoms with Crippen molar-refractivity contribution < 1.29 is 13.1 Å². The smallest absolute Gasteiger partial charge is 0.167 e. The van der Waals surface area contributed by atoms with E-state index in [1.807, 2.05) is 69.3 Å². The van der Waals surface area contributed by atoms with Crippen LogP contribution >= 0.6 is 15.9 Å². The van der Waals surface area contributed by atoms with Crippen LogP contribution in [-0.2, 0) is 17.4 Å². The molecule has 2 atom stereocenters. The van der Waals surface area contributed by atoms with Crippen LogP contribution in [0.5, 0.6) is 0 Å². The molecule has 0 aliphatic carbocycles. The molecule has 8 heteroatoms. The van der Waals surface area contributed by atoms with Crippen LogP contribution in [0.3, 0.4) is 0 Å². The lowest BCUT2D eigenvalue weighted by Gasteiger charge is -2.26. The number of aromatic nitrogens is 2. The van der Waals surface area contributed by atoms with E-state index in [1.54, 1.807) is 6.07 Å². The van der Waals surface area contributed by atoms with Gasteiger partial charge in [-0.1, -0.05) is 41.6 Å². The molecule has 0 fully saturated rings. The Balaban J connectivity index is 1.80. The Bertz CT molecular complexity index is 1290. The van der Waals surface area contributed by atoms with Crippen molar-refractivity contribution in [2.45, 2.75) is 38.0 Å². The van der Waals surface area contributed by atoms with Crippen LogP contribution in [0.2, 0.25) is 0 Å². The standard InChI is InChI=1S/C24H23BrFN3O2S/c1-24(2,3)32(30)29-20(14-15-12-13-19(26)23(25)27-15)16-8-4-5-9-17(16)22-18-10-6-7-11-21(18)31-28-22/h4-13,20,29H,14H2,1-3H3/t20-,32-/m0/s1. The maximum Gasteiger partial charge on any atom is 0.167 e. The van der Waals surface area contributed by atoms with Gasteiger partial charge in [0.2, 0.25) is 0 Å².